The normalized spacial score (nSPS) is 21.1. The molecule has 0 saturated heterocycles. The van der Waals surface area contributed by atoms with Crippen molar-refractivity contribution < 1.29 is 39.2 Å². The molecule has 14 heteroatoms. The molecule has 1 saturated carbocycles. The van der Waals surface area contributed by atoms with Crippen molar-refractivity contribution in [3.63, 3.8) is 0 Å². The molecular formula is C20H33F6N3O3SSi. The van der Waals surface area contributed by atoms with Gasteiger partial charge in [0.15, 0.2) is 13.3 Å². The molecule has 1 aromatic rings. The molecule has 198 valence electrons. The minimum atomic E-state index is -5.66. The van der Waals surface area contributed by atoms with Crippen molar-refractivity contribution in [3.8, 4) is 0 Å². The molecule has 0 atom stereocenters. The van der Waals surface area contributed by atoms with Crippen LogP contribution in [-0.2, 0) is 21.5 Å². The summed E-state index contributed by atoms with van der Waals surface area (Å²) >= 11 is 0. The molecule has 1 aromatic heterocycles. The van der Waals surface area contributed by atoms with Crippen LogP contribution in [-0.4, -0.2) is 50.3 Å². The van der Waals surface area contributed by atoms with E-state index in [4.69, 9.17) is 4.43 Å². The maximum atomic E-state index is 14.3. The third kappa shape index (κ3) is 5.49. The standard InChI is InChI=1S/C20H33F6N3O3SSi/c1-6-34(7-2,8-3)32-18(19(21,22)23,20(24,25)26)15-9-11-16(12-10-15)28-33(30,31)17-13-29(5)14(4)27-17/h13,15-16,28H,6-12H2,1-5H3. The molecule has 1 fully saturated rings. The highest BCUT2D eigenvalue weighted by atomic mass is 32.2. The summed E-state index contributed by atoms with van der Waals surface area (Å²) in [5.41, 5.74) is -4.27. The third-order valence-corrected chi connectivity index (χ3v) is 13.2. The molecule has 1 N–H and O–H groups in total. The van der Waals surface area contributed by atoms with Gasteiger partial charge in [0.25, 0.3) is 15.6 Å². The Hall–Kier alpha value is -1.12. The van der Waals surface area contributed by atoms with Crippen LogP contribution in [0.5, 0.6) is 0 Å². The van der Waals surface area contributed by atoms with Crippen molar-refractivity contribution in [1.29, 1.82) is 0 Å². The molecule has 1 heterocycles. The van der Waals surface area contributed by atoms with Gasteiger partial charge in [-0.05, 0) is 50.7 Å². The predicted molar refractivity (Wildman–Crippen MR) is 117 cm³/mol. The molecule has 0 radical (unpaired) electrons. The van der Waals surface area contributed by atoms with Crippen LogP contribution in [0.25, 0.3) is 0 Å². The summed E-state index contributed by atoms with van der Waals surface area (Å²) in [6, 6.07) is -0.403. The monoisotopic (exact) mass is 537 g/mol. The van der Waals surface area contributed by atoms with Gasteiger partial charge in [-0.2, -0.15) is 26.3 Å². The second kappa shape index (κ2) is 10.1. The molecule has 0 aromatic carbocycles. The molecular weight excluding hydrogens is 504 g/mol. The van der Waals surface area contributed by atoms with E-state index < -0.39 is 61.1 Å². The zero-order chi connectivity index (χ0) is 26.2. The maximum absolute atomic E-state index is 14.3. The van der Waals surface area contributed by atoms with Crippen molar-refractivity contribution in [3.05, 3.63) is 12.0 Å². The van der Waals surface area contributed by atoms with Gasteiger partial charge in [0.1, 0.15) is 5.82 Å². The molecule has 2 rings (SSSR count). The van der Waals surface area contributed by atoms with Gasteiger partial charge in [0.2, 0.25) is 0 Å². The van der Waals surface area contributed by atoms with E-state index in [2.05, 4.69) is 9.71 Å². The first-order valence-corrected chi connectivity index (χ1v) is 15.4. The maximum Gasteiger partial charge on any atom is 0.425 e. The number of aryl methyl sites for hydroxylation is 2. The number of hydrogen-bond acceptors (Lipinski definition) is 4. The van der Waals surface area contributed by atoms with Gasteiger partial charge < -0.3 is 8.99 Å². The summed E-state index contributed by atoms with van der Waals surface area (Å²) < 4.78 is 120. The molecule has 0 amide bonds. The SMILES string of the molecule is CC[Si](CC)(CC)OC(C1CCC(NS(=O)(=O)c2cn(C)c(C)n2)CC1)(C(F)(F)F)C(F)(F)F. The van der Waals surface area contributed by atoms with E-state index in [9.17, 15) is 34.8 Å². The van der Waals surface area contributed by atoms with E-state index in [0.717, 1.165) is 0 Å². The Kier molecular flexibility index (Phi) is 8.64. The average molecular weight is 538 g/mol. The van der Waals surface area contributed by atoms with Crippen LogP contribution < -0.4 is 4.72 Å². The minimum Gasteiger partial charge on any atom is -0.396 e. The predicted octanol–water partition coefficient (Wildman–Crippen LogP) is 5.45. The second-order valence-corrected chi connectivity index (χ2v) is 15.3. The number of hydrogen-bond donors (Lipinski definition) is 1. The Morgan fingerprint density at radius 1 is 1.03 bits per heavy atom. The highest BCUT2D eigenvalue weighted by Gasteiger charge is 2.76. The number of aromatic nitrogens is 2. The Morgan fingerprint density at radius 2 is 1.50 bits per heavy atom. The number of halogens is 6. The lowest BCUT2D eigenvalue weighted by Gasteiger charge is -2.49. The number of nitrogens with one attached hydrogen (secondary N) is 1. The first kappa shape index (κ1) is 29.1. The molecule has 0 aliphatic heterocycles. The van der Waals surface area contributed by atoms with Gasteiger partial charge in [0, 0.05) is 25.2 Å². The zero-order valence-electron chi connectivity index (χ0n) is 20.0. The Morgan fingerprint density at radius 3 is 1.85 bits per heavy atom. The van der Waals surface area contributed by atoms with E-state index in [1.807, 2.05) is 0 Å². The van der Waals surface area contributed by atoms with E-state index >= 15 is 0 Å². The molecule has 0 unspecified atom stereocenters. The number of sulfonamides is 1. The highest BCUT2D eigenvalue weighted by Crippen LogP contribution is 2.56. The fraction of sp³-hybridized carbons (Fsp3) is 0.850. The van der Waals surface area contributed by atoms with Crippen LogP contribution in [0.15, 0.2) is 11.2 Å². The van der Waals surface area contributed by atoms with Crippen molar-refractivity contribution in [2.24, 2.45) is 13.0 Å². The summed E-state index contributed by atoms with van der Waals surface area (Å²) in [6.07, 6.45) is -11.3. The van der Waals surface area contributed by atoms with Crippen molar-refractivity contribution >= 4 is 18.3 Å². The molecule has 0 bridgehead atoms. The molecule has 1 aliphatic carbocycles. The molecule has 1 aliphatic rings. The number of nitrogens with zero attached hydrogens (tertiary/aromatic N) is 2. The van der Waals surface area contributed by atoms with Crippen LogP contribution in [0.1, 0.15) is 52.3 Å². The second-order valence-electron chi connectivity index (χ2n) is 8.98. The first-order valence-electron chi connectivity index (χ1n) is 11.3. The summed E-state index contributed by atoms with van der Waals surface area (Å²) in [7, 11) is -5.78. The van der Waals surface area contributed by atoms with Crippen LogP contribution in [0.2, 0.25) is 18.1 Å². The topological polar surface area (TPSA) is 73.2 Å². The van der Waals surface area contributed by atoms with Crippen LogP contribution in [0.4, 0.5) is 26.3 Å². The van der Waals surface area contributed by atoms with Crippen LogP contribution >= 0.6 is 0 Å². The van der Waals surface area contributed by atoms with E-state index in [0.29, 0.717) is 5.82 Å². The third-order valence-electron chi connectivity index (χ3n) is 7.14. The van der Waals surface area contributed by atoms with Gasteiger partial charge in [-0.1, -0.05) is 20.8 Å². The zero-order valence-corrected chi connectivity index (χ0v) is 21.8. The summed E-state index contributed by atoms with van der Waals surface area (Å²) in [5.74, 6) is -1.42. The lowest BCUT2D eigenvalue weighted by Crippen LogP contribution is -2.68. The average Bonchev–Trinajstić information content (AvgIpc) is 3.08. The van der Waals surface area contributed by atoms with Crippen molar-refractivity contribution in [2.45, 2.75) is 101 Å². The fourth-order valence-corrected chi connectivity index (χ4v) is 9.04. The van der Waals surface area contributed by atoms with E-state index in [-0.39, 0.29) is 36.0 Å². The summed E-state index contributed by atoms with van der Waals surface area (Å²) in [5, 5.41) is -0.248. The summed E-state index contributed by atoms with van der Waals surface area (Å²) in [6.45, 7) is 6.32. The van der Waals surface area contributed by atoms with Gasteiger partial charge in [-0.3, -0.25) is 0 Å². The Labute approximate surface area is 197 Å². The van der Waals surface area contributed by atoms with Gasteiger partial charge in [-0.25, -0.2) is 18.1 Å². The molecule has 6 nitrogen and oxygen atoms in total. The van der Waals surface area contributed by atoms with Crippen molar-refractivity contribution in [2.75, 3.05) is 0 Å². The van der Waals surface area contributed by atoms with Crippen LogP contribution in [0.3, 0.4) is 0 Å². The number of alkyl halides is 6. The number of rotatable bonds is 9. The molecule has 0 spiro atoms. The van der Waals surface area contributed by atoms with Crippen molar-refractivity contribution in [1.82, 2.24) is 14.3 Å². The lowest BCUT2D eigenvalue weighted by atomic mass is 9.74. The van der Waals surface area contributed by atoms with Gasteiger partial charge in [-0.15, -0.1) is 0 Å². The van der Waals surface area contributed by atoms with E-state index in [1.165, 1.54) is 10.8 Å². The summed E-state index contributed by atoms with van der Waals surface area (Å²) in [4.78, 5) is 3.93. The first-order chi connectivity index (χ1) is 15.5. The molecule has 34 heavy (non-hydrogen) atoms. The quantitative estimate of drug-likeness (QED) is 0.336. The van der Waals surface area contributed by atoms with E-state index in [1.54, 1.807) is 34.7 Å². The largest absolute Gasteiger partial charge is 0.425 e. The lowest BCUT2D eigenvalue weighted by molar-refractivity contribution is -0.380. The highest BCUT2D eigenvalue weighted by molar-refractivity contribution is 7.89. The Balaban J connectivity index is 2.32. The number of imidazole rings is 1. The van der Waals surface area contributed by atoms with Crippen LogP contribution in [0, 0.1) is 12.8 Å². The minimum absolute atomic E-state index is 0.131. The smallest absolute Gasteiger partial charge is 0.396 e. The van der Waals surface area contributed by atoms with Gasteiger partial charge >= 0.3 is 12.4 Å². The fourth-order valence-electron chi connectivity index (χ4n) is 4.68. The Bertz CT molecular complexity index is 895. The van der Waals surface area contributed by atoms with Gasteiger partial charge in [0.05, 0.1) is 0 Å².